The van der Waals surface area contributed by atoms with E-state index in [2.05, 4.69) is 32.6 Å². The lowest BCUT2D eigenvalue weighted by molar-refractivity contribution is 0.407. The minimum atomic E-state index is -0.361. The molecule has 0 saturated heterocycles. The van der Waals surface area contributed by atoms with Crippen molar-refractivity contribution < 1.29 is 4.74 Å². The zero-order valence-corrected chi connectivity index (χ0v) is 15.8. The van der Waals surface area contributed by atoms with Gasteiger partial charge >= 0.3 is 5.69 Å². The molecule has 0 atom stereocenters. The molecule has 0 aliphatic rings. The first-order chi connectivity index (χ1) is 11.5. The van der Waals surface area contributed by atoms with E-state index >= 15 is 0 Å². The molecule has 2 heterocycles. The molecule has 0 aliphatic carbocycles. The molecule has 0 saturated carbocycles. The molecule has 0 aliphatic heterocycles. The monoisotopic (exact) mass is 425 g/mol. The summed E-state index contributed by atoms with van der Waals surface area (Å²) in [6.45, 7) is 3.74. The number of hydrogen-bond acceptors (Lipinski definition) is 4. The van der Waals surface area contributed by atoms with Gasteiger partial charge < -0.3 is 4.74 Å². The maximum Gasteiger partial charge on any atom is 0.348 e. The number of aromatic nitrogens is 3. The summed E-state index contributed by atoms with van der Waals surface area (Å²) in [6.07, 6.45) is 2.32. The van der Waals surface area contributed by atoms with E-state index in [-0.39, 0.29) is 5.69 Å². The number of nitrogens with one attached hydrogen (secondary N) is 1. The lowest BCUT2D eigenvalue weighted by Crippen LogP contribution is -2.17. The Balaban J connectivity index is 2.17. The molecule has 8 heteroatoms. The van der Waals surface area contributed by atoms with Gasteiger partial charge in [0, 0.05) is 10.6 Å². The minimum Gasteiger partial charge on any atom is -0.494 e. The maximum absolute atomic E-state index is 12.4. The summed E-state index contributed by atoms with van der Waals surface area (Å²) in [5.41, 5.74) is 0.968. The summed E-state index contributed by atoms with van der Waals surface area (Å²) >= 11 is 11.1. The Bertz CT molecular complexity index is 961. The fraction of sp³-hybridized carbons (Fsp3) is 0.125. The number of halogens is 2. The van der Waals surface area contributed by atoms with E-state index in [1.165, 1.54) is 16.0 Å². The van der Waals surface area contributed by atoms with Crippen molar-refractivity contribution in [1.82, 2.24) is 14.8 Å². The third kappa shape index (κ3) is 3.19. The third-order valence-electron chi connectivity index (χ3n) is 3.33. The highest BCUT2D eigenvalue weighted by atomic mass is 79.9. The van der Waals surface area contributed by atoms with Crippen LogP contribution in [0.4, 0.5) is 0 Å². The Morgan fingerprint density at radius 2 is 2.29 bits per heavy atom. The summed E-state index contributed by atoms with van der Waals surface area (Å²) in [6, 6.07) is 7.24. The second-order valence-corrected chi connectivity index (χ2v) is 7.80. The fourth-order valence-electron chi connectivity index (χ4n) is 2.37. The highest BCUT2D eigenvalue weighted by Crippen LogP contribution is 2.32. The first kappa shape index (κ1) is 17.0. The summed E-state index contributed by atoms with van der Waals surface area (Å²) in [4.78, 5) is 16.0. The molecule has 3 rings (SSSR count). The number of methoxy groups -OCH3 is 1. The largest absolute Gasteiger partial charge is 0.494 e. The van der Waals surface area contributed by atoms with Crippen LogP contribution < -0.4 is 10.4 Å². The van der Waals surface area contributed by atoms with Gasteiger partial charge in [-0.15, -0.1) is 23.0 Å². The van der Waals surface area contributed by atoms with Gasteiger partial charge in [0.2, 0.25) is 0 Å². The van der Waals surface area contributed by atoms with Gasteiger partial charge in [-0.1, -0.05) is 17.7 Å². The molecular formula is C16H13BrClN3O2S. The van der Waals surface area contributed by atoms with Gasteiger partial charge in [0.15, 0.2) is 5.82 Å². The number of hydrogen-bond donors (Lipinski definition) is 1. The average Bonchev–Trinajstić information content (AvgIpc) is 3.13. The van der Waals surface area contributed by atoms with Crippen molar-refractivity contribution in [2.75, 3.05) is 7.11 Å². The van der Waals surface area contributed by atoms with Crippen molar-refractivity contribution in [3.8, 4) is 22.1 Å². The van der Waals surface area contributed by atoms with Crippen molar-refractivity contribution in [3.05, 3.63) is 61.8 Å². The molecule has 2 aromatic heterocycles. The van der Waals surface area contributed by atoms with E-state index in [1.54, 1.807) is 25.3 Å². The highest BCUT2D eigenvalue weighted by molar-refractivity contribution is 9.11. The SMILES string of the molecule is C=CCc1cc(Cl)cc(-n2nc(-c3ccc(Br)s3)[nH]c2=O)c1OC. The molecule has 0 fully saturated rings. The zero-order chi connectivity index (χ0) is 17.3. The minimum absolute atomic E-state index is 0.361. The molecule has 124 valence electrons. The van der Waals surface area contributed by atoms with Crippen LogP contribution in [0, 0.1) is 0 Å². The first-order valence-corrected chi connectivity index (χ1v) is 8.95. The smallest absolute Gasteiger partial charge is 0.348 e. The Morgan fingerprint density at radius 3 is 2.92 bits per heavy atom. The van der Waals surface area contributed by atoms with Crippen LogP contribution in [0.5, 0.6) is 5.75 Å². The van der Waals surface area contributed by atoms with E-state index in [1.807, 2.05) is 12.1 Å². The average molecular weight is 427 g/mol. The summed E-state index contributed by atoms with van der Waals surface area (Å²) in [5, 5.41) is 4.89. The zero-order valence-electron chi connectivity index (χ0n) is 12.7. The van der Waals surface area contributed by atoms with E-state index in [9.17, 15) is 4.79 Å². The van der Waals surface area contributed by atoms with Crippen molar-refractivity contribution in [3.63, 3.8) is 0 Å². The first-order valence-electron chi connectivity index (χ1n) is 6.96. The maximum atomic E-state index is 12.4. The molecule has 1 aromatic carbocycles. The van der Waals surface area contributed by atoms with E-state index < -0.39 is 0 Å². The van der Waals surface area contributed by atoms with Crippen LogP contribution in [-0.4, -0.2) is 21.9 Å². The highest BCUT2D eigenvalue weighted by Gasteiger charge is 2.17. The molecule has 0 amide bonds. The van der Waals surface area contributed by atoms with Crippen LogP contribution in [-0.2, 0) is 6.42 Å². The van der Waals surface area contributed by atoms with Crippen molar-refractivity contribution in [2.24, 2.45) is 0 Å². The number of allylic oxidation sites excluding steroid dienone is 1. The molecule has 1 N–H and O–H groups in total. The van der Waals surface area contributed by atoms with E-state index in [4.69, 9.17) is 16.3 Å². The second-order valence-electron chi connectivity index (χ2n) is 4.90. The predicted octanol–water partition coefficient (Wildman–Crippen LogP) is 4.44. The summed E-state index contributed by atoms with van der Waals surface area (Å²) < 4.78 is 7.71. The van der Waals surface area contributed by atoms with Gasteiger partial charge in [0.25, 0.3) is 0 Å². The molecular weight excluding hydrogens is 414 g/mol. The normalized spacial score (nSPS) is 10.8. The Hall–Kier alpha value is -1.83. The van der Waals surface area contributed by atoms with Gasteiger partial charge in [-0.25, -0.2) is 4.79 Å². The number of nitrogens with zero attached hydrogens (tertiary/aromatic N) is 2. The number of ether oxygens (including phenoxy) is 1. The second kappa shape index (κ2) is 6.96. The number of H-pyrrole nitrogens is 1. The number of thiophene rings is 1. The van der Waals surface area contributed by atoms with Crippen LogP contribution in [0.1, 0.15) is 5.56 Å². The lowest BCUT2D eigenvalue weighted by Gasteiger charge is -2.12. The predicted molar refractivity (Wildman–Crippen MR) is 101 cm³/mol. The van der Waals surface area contributed by atoms with Gasteiger partial charge in [-0.3, -0.25) is 4.98 Å². The van der Waals surface area contributed by atoms with Crippen molar-refractivity contribution in [1.29, 1.82) is 0 Å². The van der Waals surface area contributed by atoms with Crippen LogP contribution in [0.15, 0.2) is 45.5 Å². The Labute approximate surface area is 155 Å². The molecule has 5 nitrogen and oxygen atoms in total. The molecule has 3 aromatic rings. The van der Waals surface area contributed by atoms with Crippen LogP contribution in [0.3, 0.4) is 0 Å². The van der Waals surface area contributed by atoms with Gasteiger partial charge in [-0.05, 0) is 46.6 Å². The standard InChI is InChI=1S/C16H13BrClN3O2S/c1-3-4-9-7-10(18)8-11(14(9)23-2)21-16(22)19-15(20-21)12-5-6-13(17)24-12/h3,5-8H,1,4H2,2H3,(H,19,20,22). The topological polar surface area (TPSA) is 59.9 Å². The van der Waals surface area contributed by atoms with Crippen LogP contribution in [0.25, 0.3) is 16.4 Å². The third-order valence-corrected chi connectivity index (χ3v) is 5.18. The number of benzene rings is 1. The molecule has 0 unspecified atom stereocenters. The summed E-state index contributed by atoms with van der Waals surface area (Å²) in [5.74, 6) is 1.04. The molecule has 0 radical (unpaired) electrons. The van der Waals surface area contributed by atoms with Crippen molar-refractivity contribution in [2.45, 2.75) is 6.42 Å². The van der Waals surface area contributed by atoms with E-state index in [0.717, 1.165) is 14.2 Å². The van der Waals surface area contributed by atoms with E-state index in [0.29, 0.717) is 28.7 Å². The summed E-state index contributed by atoms with van der Waals surface area (Å²) in [7, 11) is 1.55. The molecule has 0 spiro atoms. The Morgan fingerprint density at radius 1 is 1.50 bits per heavy atom. The quantitative estimate of drug-likeness (QED) is 0.614. The van der Waals surface area contributed by atoms with Gasteiger partial charge in [0.05, 0.1) is 15.8 Å². The Kier molecular flexibility index (Phi) is 4.93. The number of aromatic amines is 1. The van der Waals surface area contributed by atoms with Crippen LogP contribution in [0.2, 0.25) is 5.02 Å². The molecule has 0 bridgehead atoms. The van der Waals surface area contributed by atoms with Gasteiger partial charge in [0.1, 0.15) is 11.4 Å². The van der Waals surface area contributed by atoms with Gasteiger partial charge in [-0.2, -0.15) is 4.68 Å². The number of rotatable bonds is 5. The fourth-order valence-corrected chi connectivity index (χ4v) is 3.94. The van der Waals surface area contributed by atoms with Crippen molar-refractivity contribution >= 4 is 38.9 Å². The lowest BCUT2D eigenvalue weighted by atomic mass is 10.1. The molecule has 24 heavy (non-hydrogen) atoms. The van der Waals surface area contributed by atoms with Crippen LogP contribution >= 0.6 is 38.9 Å².